The van der Waals surface area contributed by atoms with E-state index in [2.05, 4.69) is 16.6 Å². The number of carbonyl (C=O) groups is 2. The topological polar surface area (TPSA) is 55.4 Å². The van der Waals surface area contributed by atoms with Gasteiger partial charge in [0, 0.05) is 5.56 Å². The summed E-state index contributed by atoms with van der Waals surface area (Å²) >= 11 is 0. The third kappa shape index (κ3) is 2.95. The highest BCUT2D eigenvalue weighted by Crippen LogP contribution is 1.99. The molecule has 0 saturated heterocycles. The van der Waals surface area contributed by atoms with Gasteiger partial charge in [0.2, 0.25) is 0 Å². The van der Waals surface area contributed by atoms with E-state index < -0.39 is 12.0 Å². The lowest BCUT2D eigenvalue weighted by Gasteiger charge is -2.12. The molecule has 0 bridgehead atoms. The molecule has 0 aliphatic rings. The van der Waals surface area contributed by atoms with Crippen LogP contribution in [-0.4, -0.2) is 25.0 Å². The largest absolute Gasteiger partial charge is 0.467 e. The van der Waals surface area contributed by atoms with E-state index >= 15 is 0 Å². The van der Waals surface area contributed by atoms with Gasteiger partial charge in [0.05, 0.1) is 7.11 Å². The summed E-state index contributed by atoms with van der Waals surface area (Å²) in [6, 6.07) is 7.80. The predicted molar refractivity (Wildman–Crippen MR) is 59.9 cm³/mol. The number of nitrogens with one attached hydrogen (secondary N) is 1. The van der Waals surface area contributed by atoms with Crippen LogP contribution in [0.5, 0.6) is 0 Å². The van der Waals surface area contributed by atoms with Crippen LogP contribution in [-0.2, 0) is 9.53 Å². The van der Waals surface area contributed by atoms with E-state index in [4.69, 9.17) is 0 Å². The summed E-state index contributed by atoms with van der Waals surface area (Å²) in [6.45, 7) is 3.46. The monoisotopic (exact) mass is 219 g/mol. The summed E-state index contributed by atoms with van der Waals surface area (Å²) in [5.41, 5.74) is 0.484. The number of rotatable bonds is 4. The van der Waals surface area contributed by atoms with Crippen molar-refractivity contribution in [3.8, 4) is 0 Å². The van der Waals surface area contributed by atoms with Crippen molar-refractivity contribution in [2.24, 2.45) is 0 Å². The third-order valence-electron chi connectivity index (χ3n) is 2.01. The van der Waals surface area contributed by atoms with Crippen LogP contribution < -0.4 is 5.32 Å². The Bertz CT molecular complexity index is 387. The van der Waals surface area contributed by atoms with Crippen LogP contribution in [0.4, 0.5) is 0 Å². The van der Waals surface area contributed by atoms with Crippen LogP contribution in [0.2, 0.25) is 0 Å². The molecule has 0 aliphatic carbocycles. The molecule has 4 heteroatoms. The van der Waals surface area contributed by atoms with Crippen molar-refractivity contribution in [1.82, 2.24) is 5.32 Å². The van der Waals surface area contributed by atoms with E-state index in [1.165, 1.54) is 13.2 Å². The van der Waals surface area contributed by atoms with Crippen LogP contribution >= 0.6 is 0 Å². The zero-order valence-corrected chi connectivity index (χ0v) is 8.97. The number of ether oxygens (including phenoxy) is 1. The van der Waals surface area contributed by atoms with E-state index in [-0.39, 0.29) is 5.91 Å². The third-order valence-corrected chi connectivity index (χ3v) is 2.01. The van der Waals surface area contributed by atoms with E-state index in [0.717, 1.165) is 0 Å². The average Bonchev–Trinajstić information content (AvgIpc) is 2.35. The van der Waals surface area contributed by atoms with Crippen molar-refractivity contribution >= 4 is 11.9 Å². The van der Waals surface area contributed by atoms with Crippen LogP contribution in [0.1, 0.15) is 10.4 Å². The minimum atomic E-state index is -0.822. The maximum Gasteiger partial charge on any atom is 0.332 e. The first-order valence-electron chi connectivity index (χ1n) is 4.75. The molecule has 1 amide bonds. The van der Waals surface area contributed by atoms with E-state index in [9.17, 15) is 9.59 Å². The van der Waals surface area contributed by atoms with Crippen molar-refractivity contribution < 1.29 is 14.3 Å². The lowest BCUT2D eigenvalue weighted by atomic mass is 10.2. The molecular weight excluding hydrogens is 206 g/mol. The lowest BCUT2D eigenvalue weighted by Crippen LogP contribution is -2.39. The minimum Gasteiger partial charge on any atom is -0.467 e. The van der Waals surface area contributed by atoms with E-state index in [1.807, 2.05) is 6.07 Å². The first-order chi connectivity index (χ1) is 7.69. The SMILES string of the molecule is C=CC(NC(=O)c1ccccc1)C(=O)OC. The zero-order valence-electron chi connectivity index (χ0n) is 8.97. The Labute approximate surface area is 93.9 Å². The number of benzene rings is 1. The maximum atomic E-state index is 11.7. The van der Waals surface area contributed by atoms with Gasteiger partial charge in [0.15, 0.2) is 0 Å². The van der Waals surface area contributed by atoms with Gasteiger partial charge in [-0.25, -0.2) is 4.79 Å². The second kappa shape index (κ2) is 5.70. The van der Waals surface area contributed by atoms with Crippen molar-refractivity contribution in [3.63, 3.8) is 0 Å². The van der Waals surface area contributed by atoms with Crippen molar-refractivity contribution in [3.05, 3.63) is 48.6 Å². The van der Waals surface area contributed by atoms with Crippen molar-refractivity contribution in [2.45, 2.75) is 6.04 Å². The van der Waals surface area contributed by atoms with Crippen LogP contribution in [0, 0.1) is 0 Å². The fraction of sp³-hybridized carbons (Fsp3) is 0.167. The number of esters is 1. The molecule has 0 saturated carbocycles. The van der Waals surface area contributed by atoms with Gasteiger partial charge in [-0.3, -0.25) is 4.79 Å². The average molecular weight is 219 g/mol. The quantitative estimate of drug-likeness (QED) is 0.610. The normalized spacial score (nSPS) is 11.3. The molecule has 1 aromatic rings. The molecule has 0 aromatic heterocycles. The van der Waals surface area contributed by atoms with Crippen LogP contribution in [0.3, 0.4) is 0 Å². The smallest absolute Gasteiger partial charge is 0.332 e. The highest BCUT2D eigenvalue weighted by atomic mass is 16.5. The molecule has 1 N–H and O–H groups in total. The Kier molecular flexibility index (Phi) is 4.27. The van der Waals surface area contributed by atoms with E-state index in [1.54, 1.807) is 24.3 Å². The van der Waals surface area contributed by atoms with E-state index in [0.29, 0.717) is 5.56 Å². The number of amides is 1. The van der Waals surface area contributed by atoms with Gasteiger partial charge in [-0.1, -0.05) is 24.3 Å². The Morgan fingerprint density at radius 3 is 2.50 bits per heavy atom. The second-order valence-corrected chi connectivity index (χ2v) is 3.08. The lowest BCUT2D eigenvalue weighted by molar-refractivity contribution is -0.141. The Morgan fingerprint density at radius 2 is 2.00 bits per heavy atom. The molecule has 84 valence electrons. The van der Waals surface area contributed by atoms with Gasteiger partial charge in [-0.15, -0.1) is 6.58 Å². The Morgan fingerprint density at radius 1 is 1.38 bits per heavy atom. The molecule has 0 spiro atoms. The highest BCUT2D eigenvalue weighted by molar-refractivity contribution is 5.97. The molecule has 16 heavy (non-hydrogen) atoms. The van der Waals surface area contributed by atoms with Crippen LogP contribution in [0.15, 0.2) is 43.0 Å². The molecule has 1 aromatic carbocycles. The van der Waals surface area contributed by atoms with Gasteiger partial charge in [0.1, 0.15) is 6.04 Å². The predicted octanol–water partition coefficient (Wildman–Crippen LogP) is 1.14. The summed E-state index contributed by atoms with van der Waals surface area (Å²) in [6.07, 6.45) is 1.33. The molecule has 0 aliphatic heterocycles. The van der Waals surface area contributed by atoms with Crippen molar-refractivity contribution in [2.75, 3.05) is 7.11 Å². The van der Waals surface area contributed by atoms with Gasteiger partial charge in [-0.2, -0.15) is 0 Å². The number of carbonyl (C=O) groups excluding carboxylic acids is 2. The molecule has 0 fully saturated rings. The molecule has 0 radical (unpaired) electrons. The molecule has 0 heterocycles. The number of methoxy groups -OCH3 is 1. The van der Waals surface area contributed by atoms with Gasteiger partial charge in [-0.05, 0) is 12.1 Å². The summed E-state index contributed by atoms with van der Waals surface area (Å²) in [5.74, 6) is -0.879. The molecule has 1 rings (SSSR count). The minimum absolute atomic E-state index is 0.337. The Hall–Kier alpha value is -2.10. The first kappa shape index (κ1) is 12.0. The maximum absolute atomic E-state index is 11.7. The second-order valence-electron chi connectivity index (χ2n) is 3.08. The van der Waals surface area contributed by atoms with Gasteiger partial charge >= 0.3 is 5.97 Å². The number of hydrogen-bond donors (Lipinski definition) is 1. The summed E-state index contributed by atoms with van der Waals surface area (Å²) < 4.78 is 4.52. The van der Waals surface area contributed by atoms with Gasteiger partial charge < -0.3 is 10.1 Å². The van der Waals surface area contributed by atoms with Gasteiger partial charge in [0.25, 0.3) is 5.91 Å². The molecule has 1 atom stereocenters. The standard InChI is InChI=1S/C12H13NO3/c1-3-10(12(15)16-2)13-11(14)9-7-5-4-6-8-9/h3-8,10H,1H2,2H3,(H,13,14). The summed E-state index contributed by atoms with van der Waals surface area (Å²) in [4.78, 5) is 22.9. The fourth-order valence-corrected chi connectivity index (χ4v) is 1.16. The first-order valence-corrected chi connectivity index (χ1v) is 4.75. The summed E-state index contributed by atoms with van der Waals surface area (Å²) in [5, 5.41) is 2.50. The highest BCUT2D eigenvalue weighted by Gasteiger charge is 2.18. The fourth-order valence-electron chi connectivity index (χ4n) is 1.16. The zero-order chi connectivity index (χ0) is 12.0. The van der Waals surface area contributed by atoms with Crippen molar-refractivity contribution in [1.29, 1.82) is 0 Å². The summed E-state index contributed by atoms with van der Waals surface area (Å²) in [7, 11) is 1.26. The molecule has 1 unspecified atom stereocenters. The number of hydrogen-bond acceptors (Lipinski definition) is 3. The molecular formula is C12H13NO3. The van der Waals surface area contributed by atoms with Crippen LogP contribution in [0.25, 0.3) is 0 Å². The Balaban J connectivity index is 2.70. The molecule has 4 nitrogen and oxygen atoms in total.